The molecule has 0 aliphatic heterocycles. The van der Waals surface area contributed by atoms with Crippen LogP contribution in [0.25, 0.3) is 44.7 Å². The summed E-state index contributed by atoms with van der Waals surface area (Å²) in [5, 5.41) is 31.6. The normalized spacial score (nSPS) is 9.81. The second-order valence-corrected chi connectivity index (χ2v) is 20.5. The van der Waals surface area contributed by atoms with E-state index in [1.54, 1.807) is 104 Å². The number of fused-ring (bicyclic) bond motifs is 2. The van der Waals surface area contributed by atoms with E-state index in [1.165, 1.54) is 19.4 Å². The zero-order valence-electron chi connectivity index (χ0n) is 55.4. The molecule has 0 saturated carbocycles. The van der Waals surface area contributed by atoms with E-state index in [0.29, 0.717) is 77.6 Å². The number of urea groups is 2. The van der Waals surface area contributed by atoms with E-state index < -0.39 is 37.2 Å². The van der Waals surface area contributed by atoms with Gasteiger partial charge in [-0.05, 0) is 117 Å². The fourth-order valence-electron chi connectivity index (χ4n) is 7.45. The third-order valence-corrected chi connectivity index (χ3v) is 13.0. The summed E-state index contributed by atoms with van der Waals surface area (Å²) in [5.74, 6) is 2.69. The molecule has 8 amide bonds. The summed E-state index contributed by atoms with van der Waals surface area (Å²) in [4.78, 5) is 97.4. The first-order valence-corrected chi connectivity index (χ1v) is 31.6. The van der Waals surface area contributed by atoms with Crippen molar-refractivity contribution in [2.75, 3.05) is 88.6 Å². The number of nitrogens with one attached hydrogen (secondary N) is 6. The number of carbonyl (C=O) groups excluding carboxylic acids is 6. The summed E-state index contributed by atoms with van der Waals surface area (Å²) in [6.07, 6.45) is 15.9. The maximum Gasteiger partial charge on any atom is 0.490 e. The van der Waals surface area contributed by atoms with E-state index in [2.05, 4.69) is 81.8 Å². The summed E-state index contributed by atoms with van der Waals surface area (Å²) in [6, 6.07) is 28.6. The quantitative estimate of drug-likeness (QED) is 0.0323. The van der Waals surface area contributed by atoms with Crippen LogP contribution in [0.15, 0.2) is 164 Å². The number of halogens is 3. The molecule has 10 aromatic heterocycles. The number of ether oxygens (including phenoxy) is 6. The van der Waals surface area contributed by atoms with Crippen LogP contribution in [0.5, 0.6) is 23.5 Å². The van der Waals surface area contributed by atoms with Crippen LogP contribution in [-0.4, -0.2) is 168 Å². The van der Waals surface area contributed by atoms with Crippen molar-refractivity contribution in [3.63, 3.8) is 0 Å². The monoisotopic (exact) mass is 1480 g/mol. The highest BCUT2D eigenvalue weighted by Crippen LogP contribution is 2.25. The number of alkyl carbamates (subject to hydrolysis) is 1. The Labute approximate surface area is 593 Å². The molecule has 32 nitrogen and oxygen atoms in total. The number of nitrogens with two attached hydrogens (primary N) is 2. The Morgan fingerprint density at radius 2 is 0.920 bits per heavy atom. The Morgan fingerprint density at radius 3 is 1.30 bits per heavy atom. The third-order valence-electron chi connectivity index (χ3n) is 12.0. The van der Waals surface area contributed by atoms with Gasteiger partial charge < -0.3 is 69.4 Å². The van der Waals surface area contributed by atoms with Crippen molar-refractivity contribution in [2.45, 2.75) is 27.7 Å². The fourth-order valence-corrected chi connectivity index (χ4v) is 7.93. The average molecular weight is 1480 g/mol. The molecule has 528 valence electrons. The van der Waals surface area contributed by atoms with Gasteiger partial charge in [-0.3, -0.25) is 30.9 Å². The lowest BCUT2D eigenvalue weighted by Gasteiger charge is -2.03. The van der Waals surface area contributed by atoms with E-state index in [1.807, 2.05) is 112 Å². The number of imidazole rings is 2. The number of alkyl halides is 2. The minimum absolute atomic E-state index is 0.197. The summed E-state index contributed by atoms with van der Waals surface area (Å²) < 4.78 is 33.7. The predicted molar refractivity (Wildman–Crippen MR) is 383 cm³/mol. The maximum atomic E-state index is 11.5. The first-order chi connectivity index (χ1) is 48.1. The lowest BCUT2D eigenvalue weighted by molar-refractivity contribution is -0.118. The van der Waals surface area contributed by atoms with E-state index in [9.17, 15) is 28.8 Å². The Balaban J connectivity index is 0.000000257. The first-order valence-electron chi connectivity index (χ1n) is 29.7. The van der Waals surface area contributed by atoms with Gasteiger partial charge >= 0.3 is 31.4 Å². The third kappa shape index (κ3) is 29.5. The number of hydrogen-bond acceptors (Lipinski definition) is 24. The molecule has 0 fully saturated rings. The van der Waals surface area contributed by atoms with Gasteiger partial charge in [0.1, 0.15) is 34.7 Å². The van der Waals surface area contributed by atoms with Crippen LogP contribution in [0.1, 0.15) is 27.7 Å². The highest BCUT2D eigenvalue weighted by atomic mass is 79.9. The molecule has 0 aliphatic rings. The van der Waals surface area contributed by atoms with Crippen molar-refractivity contribution in [2.24, 2.45) is 0 Å². The van der Waals surface area contributed by atoms with Gasteiger partial charge in [0.05, 0.1) is 54.0 Å². The average Bonchev–Trinajstić information content (AvgIpc) is 1.65. The summed E-state index contributed by atoms with van der Waals surface area (Å²) in [7, 11) is 4.79. The second-order valence-electron chi connectivity index (χ2n) is 19.0. The molecule has 0 aliphatic carbocycles. The summed E-state index contributed by atoms with van der Waals surface area (Å²) >= 11 is 13.4. The van der Waals surface area contributed by atoms with E-state index >= 15 is 0 Å². The highest BCUT2D eigenvalue weighted by Gasteiger charge is 2.13. The standard InChI is InChI=1S/C16H17N5O2.C16H16N4O3.C11H11N3O.C6H8BNO3.C5H5BrN2.C5H9ClN2O2.C5H8ClNO3/c1-3-17-16(22)20-13-10-21-7-6-11(8-14(21)19-13)12-4-5-15(23-2)18-9-12;1-3-23-16(21)19-13-10-20-7-6-11(8-14(20)18-13)12-4-5-15(22-2)17-9-12;1-15-11-3-2-9(7-14-11)8-4-5-13-10(12)6-8;1-11-6-3-2-5(4-8-6)7(9)10;6-4-1-2-8-5(7)3-4;1-2-7-5(10)8-4(9)3-6;1-2-10-5(9)7-4(8)3-6/h4-10H,3H2,1-2H3,(H2,17,20,22);4-10H,3H2,1-2H3,(H,19,21);2-7H,1H3,(H2,12,13);2-4,9-10H,1H3;1-3H,(H2,7,8);2-3H2,1H3,(H2,7,8,9,10);2-3H2,1H3,(H,7,8,9). The van der Waals surface area contributed by atoms with Gasteiger partial charge in [0, 0.05) is 107 Å². The number of anilines is 4. The molecular weight excluding hydrogens is 1410 g/mol. The van der Waals surface area contributed by atoms with Crippen molar-refractivity contribution in [1.82, 2.24) is 69.9 Å². The van der Waals surface area contributed by atoms with Crippen LogP contribution < -0.4 is 67.8 Å². The number of pyridine rings is 8. The van der Waals surface area contributed by atoms with E-state index in [-0.39, 0.29) is 24.4 Å². The lowest BCUT2D eigenvalue weighted by atomic mass is 9.82. The fraction of sp³-hybridized carbons (Fsp3) is 0.219. The molecule has 10 aromatic rings. The van der Waals surface area contributed by atoms with Gasteiger partial charge in [-0.25, -0.2) is 59.0 Å². The molecule has 0 atom stereocenters. The van der Waals surface area contributed by atoms with Gasteiger partial charge in [-0.15, -0.1) is 23.2 Å². The highest BCUT2D eigenvalue weighted by molar-refractivity contribution is 9.10. The molecule has 0 aromatic carbocycles. The molecule has 10 heterocycles. The molecule has 0 unspecified atom stereocenters. The lowest BCUT2D eigenvalue weighted by Crippen LogP contribution is -2.39. The first kappa shape index (κ1) is 81.0. The Hall–Kier alpha value is -11.5. The second kappa shape index (κ2) is 44.4. The summed E-state index contributed by atoms with van der Waals surface area (Å²) in [5.41, 5.74) is 18.6. The van der Waals surface area contributed by atoms with Crippen molar-refractivity contribution in [1.29, 1.82) is 0 Å². The number of rotatable bonds is 16. The van der Waals surface area contributed by atoms with Crippen LogP contribution in [0.3, 0.4) is 0 Å². The van der Waals surface area contributed by atoms with Crippen molar-refractivity contribution < 1.29 is 67.2 Å². The molecular formula is C64H74BBrCl2N18O14. The van der Waals surface area contributed by atoms with Gasteiger partial charge in [-0.2, -0.15) is 0 Å². The largest absolute Gasteiger partial charge is 0.490 e. The number of methoxy groups -OCH3 is 4. The van der Waals surface area contributed by atoms with Crippen LogP contribution >= 0.6 is 39.1 Å². The molecule has 0 saturated heterocycles. The van der Waals surface area contributed by atoms with Gasteiger partial charge in [0.2, 0.25) is 35.3 Å². The molecule has 10 rings (SSSR count). The van der Waals surface area contributed by atoms with Gasteiger partial charge in [0.25, 0.3) is 0 Å². The number of aromatic nitrogens is 10. The zero-order chi connectivity index (χ0) is 73.4. The van der Waals surface area contributed by atoms with Crippen molar-refractivity contribution >= 4 is 122 Å². The number of amides is 8. The minimum Gasteiger partial charge on any atom is -0.481 e. The number of carbonyl (C=O) groups is 6. The minimum atomic E-state index is -1.46. The number of hydrogen-bond donors (Lipinski definition) is 10. The maximum absolute atomic E-state index is 11.5. The molecule has 0 spiro atoms. The molecule has 0 bridgehead atoms. The Morgan fingerprint density at radius 1 is 0.500 bits per heavy atom. The topological polar surface area (TPSA) is 434 Å². The van der Waals surface area contributed by atoms with E-state index in [0.717, 1.165) is 43.5 Å². The van der Waals surface area contributed by atoms with Crippen LogP contribution in [-0.2, 0) is 19.1 Å². The van der Waals surface area contributed by atoms with Crippen LogP contribution in [0.2, 0.25) is 0 Å². The summed E-state index contributed by atoms with van der Waals surface area (Å²) in [6.45, 7) is 8.61. The number of imide groups is 2. The number of nitrogens with zero attached hydrogens (tertiary/aromatic N) is 10. The van der Waals surface area contributed by atoms with Gasteiger partial charge in [0.15, 0.2) is 11.6 Å². The SMILES string of the molecule is CCNC(=O)NC(=O)CCl.CCNC(=O)Nc1cn2ccc(-c3ccc(OC)nc3)cc2n1.CCOC(=O)NC(=O)CCl.CCOC(=O)Nc1cn2ccc(-c3ccc(OC)nc3)cc2n1.COc1ccc(-c2ccnc(N)c2)cn1.COc1ccc(B(O)O)cn1.Nc1cc(Br)ccn1. The molecule has 36 heteroatoms. The van der Waals surface area contributed by atoms with Gasteiger partial charge in [-0.1, -0.05) is 22.0 Å². The Kier molecular flexibility index (Phi) is 35.9. The van der Waals surface area contributed by atoms with Crippen molar-refractivity contribution in [3.05, 3.63) is 164 Å². The predicted octanol–water partition coefficient (Wildman–Crippen LogP) is 8.02. The molecule has 12 N–H and O–H groups in total. The Bertz CT molecular complexity index is 3980. The zero-order valence-corrected chi connectivity index (χ0v) is 58.5. The molecule has 100 heavy (non-hydrogen) atoms. The van der Waals surface area contributed by atoms with E-state index in [4.69, 9.17) is 68.4 Å². The molecule has 0 radical (unpaired) electrons. The van der Waals surface area contributed by atoms with Crippen LogP contribution in [0, 0.1) is 0 Å². The number of nitrogen functional groups attached to an aromatic ring is 2. The smallest absolute Gasteiger partial charge is 0.481 e. The van der Waals surface area contributed by atoms with Crippen LogP contribution in [0.4, 0.5) is 42.4 Å². The van der Waals surface area contributed by atoms with Crippen molar-refractivity contribution in [3.8, 4) is 56.9 Å².